The number of hydrogen-bond acceptors (Lipinski definition) is 2. The molecule has 1 aliphatic heterocycles. The molecule has 0 unspecified atom stereocenters. The molecule has 0 spiro atoms. The van der Waals surface area contributed by atoms with E-state index in [1.807, 2.05) is 17.0 Å². The van der Waals surface area contributed by atoms with Gasteiger partial charge in [-0.25, -0.2) is 0 Å². The third-order valence-electron chi connectivity index (χ3n) is 2.70. The van der Waals surface area contributed by atoms with E-state index in [0.717, 1.165) is 12.2 Å². The van der Waals surface area contributed by atoms with Crippen molar-refractivity contribution in [1.29, 1.82) is 0 Å². The maximum absolute atomic E-state index is 11.2. The van der Waals surface area contributed by atoms with Crippen LogP contribution in [0.1, 0.15) is 6.42 Å². The van der Waals surface area contributed by atoms with Gasteiger partial charge in [-0.15, -0.1) is 0 Å². The summed E-state index contributed by atoms with van der Waals surface area (Å²) in [5.41, 5.74) is 0.896. The van der Waals surface area contributed by atoms with Crippen LogP contribution in [0.3, 0.4) is 0 Å². The molecule has 6 heteroatoms. The lowest BCUT2D eigenvalue weighted by atomic mass is 10.3. The van der Waals surface area contributed by atoms with E-state index in [4.69, 9.17) is 23.8 Å². The van der Waals surface area contributed by atoms with Gasteiger partial charge in [-0.2, -0.15) is 0 Å². The lowest BCUT2D eigenvalue weighted by Gasteiger charge is -2.23. The second-order valence-corrected chi connectivity index (χ2v) is 4.85. The smallest absolute Gasteiger partial charge is 0.221 e. The van der Waals surface area contributed by atoms with Gasteiger partial charge in [-0.1, -0.05) is 11.6 Å². The van der Waals surface area contributed by atoms with Crippen LogP contribution in [0, 0.1) is 0 Å². The van der Waals surface area contributed by atoms with Crippen LogP contribution < -0.4 is 10.6 Å². The van der Waals surface area contributed by atoms with Crippen LogP contribution in [0.15, 0.2) is 24.3 Å². The first-order valence-corrected chi connectivity index (χ1v) is 6.52. The summed E-state index contributed by atoms with van der Waals surface area (Å²) in [7, 11) is 0. The molecule has 0 saturated carbocycles. The molecule has 0 aliphatic carbocycles. The molecule has 1 aliphatic rings. The van der Waals surface area contributed by atoms with E-state index in [-0.39, 0.29) is 5.91 Å². The van der Waals surface area contributed by atoms with Gasteiger partial charge >= 0.3 is 0 Å². The molecule has 1 aromatic carbocycles. The average Bonchev–Trinajstić information content (AvgIpc) is 2.57. The van der Waals surface area contributed by atoms with E-state index in [1.165, 1.54) is 0 Å². The van der Waals surface area contributed by atoms with Crippen molar-refractivity contribution in [3.05, 3.63) is 29.3 Å². The van der Waals surface area contributed by atoms with E-state index in [0.29, 0.717) is 29.6 Å². The molecule has 0 aromatic heterocycles. The molecular formula is C12H14ClN3OS. The zero-order valence-electron chi connectivity index (χ0n) is 9.78. The van der Waals surface area contributed by atoms with Gasteiger partial charge in [0.2, 0.25) is 5.91 Å². The van der Waals surface area contributed by atoms with Crippen LogP contribution in [-0.4, -0.2) is 35.6 Å². The molecule has 0 radical (unpaired) electrons. The highest BCUT2D eigenvalue weighted by Crippen LogP contribution is 2.14. The summed E-state index contributed by atoms with van der Waals surface area (Å²) < 4.78 is 0. The quantitative estimate of drug-likeness (QED) is 0.772. The molecule has 1 heterocycles. The maximum Gasteiger partial charge on any atom is 0.221 e. The van der Waals surface area contributed by atoms with Gasteiger partial charge in [-0.05, 0) is 36.5 Å². The summed E-state index contributed by atoms with van der Waals surface area (Å²) in [5, 5.41) is 7.28. The summed E-state index contributed by atoms with van der Waals surface area (Å²) in [6.07, 6.45) is 0.475. The number of carbonyl (C=O) groups is 1. The normalized spacial score (nSPS) is 15.8. The molecular weight excluding hydrogens is 270 g/mol. The Morgan fingerprint density at radius 1 is 1.33 bits per heavy atom. The molecule has 18 heavy (non-hydrogen) atoms. The molecule has 96 valence electrons. The van der Waals surface area contributed by atoms with Crippen molar-refractivity contribution in [2.75, 3.05) is 25.0 Å². The number of nitrogens with zero attached hydrogens (tertiary/aromatic N) is 1. The SMILES string of the molecule is O=C1CCN(C(=S)Nc2ccc(Cl)cc2)CCN1. The van der Waals surface area contributed by atoms with Gasteiger partial charge < -0.3 is 15.5 Å². The van der Waals surface area contributed by atoms with Gasteiger partial charge in [0.1, 0.15) is 0 Å². The first-order valence-electron chi connectivity index (χ1n) is 5.73. The summed E-state index contributed by atoms with van der Waals surface area (Å²) in [6, 6.07) is 7.35. The Kier molecular flexibility index (Phi) is 4.38. The average molecular weight is 284 g/mol. The van der Waals surface area contributed by atoms with Crippen molar-refractivity contribution >= 4 is 40.5 Å². The predicted molar refractivity (Wildman–Crippen MR) is 76.9 cm³/mol. The summed E-state index contributed by atoms with van der Waals surface area (Å²) >= 11 is 11.1. The Balaban J connectivity index is 1.94. The largest absolute Gasteiger partial charge is 0.354 e. The van der Waals surface area contributed by atoms with Crippen molar-refractivity contribution in [2.24, 2.45) is 0 Å². The number of rotatable bonds is 1. The highest BCUT2D eigenvalue weighted by molar-refractivity contribution is 7.80. The van der Waals surface area contributed by atoms with Gasteiger partial charge in [0.15, 0.2) is 5.11 Å². The Morgan fingerprint density at radius 2 is 2.06 bits per heavy atom. The fourth-order valence-electron chi connectivity index (χ4n) is 1.71. The molecule has 1 aromatic rings. The summed E-state index contributed by atoms with van der Waals surface area (Å²) in [6.45, 7) is 2.00. The number of thiocarbonyl (C=S) groups is 1. The van der Waals surface area contributed by atoms with Crippen molar-refractivity contribution in [1.82, 2.24) is 10.2 Å². The molecule has 0 bridgehead atoms. The summed E-state index contributed by atoms with van der Waals surface area (Å²) in [5.74, 6) is 0.0757. The maximum atomic E-state index is 11.2. The minimum absolute atomic E-state index is 0.0757. The minimum atomic E-state index is 0.0757. The number of amides is 1. The van der Waals surface area contributed by atoms with Crippen LogP contribution in [0.4, 0.5) is 5.69 Å². The monoisotopic (exact) mass is 283 g/mol. The number of anilines is 1. The van der Waals surface area contributed by atoms with Gasteiger partial charge in [0.25, 0.3) is 0 Å². The molecule has 4 nitrogen and oxygen atoms in total. The van der Waals surface area contributed by atoms with Crippen molar-refractivity contribution in [3.63, 3.8) is 0 Å². The zero-order valence-corrected chi connectivity index (χ0v) is 11.4. The first kappa shape index (κ1) is 13.1. The van der Waals surface area contributed by atoms with Crippen LogP contribution in [0.5, 0.6) is 0 Å². The predicted octanol–water partition coefficient (Wildman–Crippen LogP) is 1.86. The van der Waals surface area contributed by atoms with E-state index in [2.05, 4.69) is 10.6 Å². The third kappa shape index (κ3) is 3.58. The molecule has 1 saturated heterocycles. The van der Waals surface area contributed by atoms with Crippen molar-refractivity contribution < 1.29 is 4.79 Å². The Bertz CT molecular complexity index is 449. The number of nitrogens with one attached hydrogen (secondary N) is 2. The molecule has 0 atom stereocenters. The fourth-order valence-corrected chi connectivity index (χ4v) is 2.13. The Morgan fingerprint density at radius 3 is 2.78 bits per heavy atom. The highest BCUT2D eigenvalue weighted by Gasteiger charge is 2.15. The minimum Gasteiger partial charge on any atom is -0.354 e. The molecule has 2 N–H and O–H groups in total. The van der Waals surface area contributed by atoms with Gasteiger partial charge in [0, 0.05) is 36.8 Å². The number of halogens is 1. The Hall–Kier alpha value is -1.33. The van der Waals surface area contributed by atoms with E-state index < -0.39 is 0 Å². The van der Waals surface area contributed by atoms with E-state index >= 15 is 0 Å². The topological polar surface area (TPSA) is 44.4 Å². The van der Waals surface area contributed by atoms with Crippen molar-refractivity contribution in [3.8, 4) is 0 Å². The zero-order chi connectivity index (χ0) is 13.0. The Labute approximate surface area is 116 Å². The molecule has 1 amide bonds. The number of carbonyl (C=O) groups excluding carboxylic acids is 1. The van der Waals surface area contributed by atoms with Crippen LogP contribution in [0.2, 0.25) is 5.02 Å². The highest BCUT2D eigenvalue weighted by atomic mass is 35.5. The lowest BCUT2D eigenvalue weighted by molar-refractivity contribution is -0.120. The van der Waals surface area contributed by atoms with E-state index in [1.54, 1.807) is 12.1 Å². The third-order valence-corrected chi connectivity index (χ3v) is 3.31. The second-order valence-electron chi connectivity index (χ2n) is 4.02. The fraction of sp³-hybridized carbons (Fsp3) is 0.333. The molecule has 1 fully saturated rings. The second kappa shape index (κ2) is 6.02. The molecule has 2 rings (SSSR count). The number of benzene rings is 1. The van der Waals surface area contributed by atoms with Crippen molar-refractivity contribution in [2.45, 2.75) is 6.42 Å². The standard InChI is InChI=1S/C12H14ClN3OS/c13-9-1-3-10(4-2-9)15-12(18)16-7-5-11(17)14-6-8-16/h1-4H,5-8H2,(H,14,17)(H,15,18). The van der Waals surface area contributed by atoms with Gasteiger partial charge in [0.05, 0.1) is 0 Å². The van der Waals surface area contributed by atoms with E-state index in [9.17, 15) is 4.79 Å². The van der Waals surface area contributed by atoms with Crippen LogP contribution >= 0.6 is 23.8 Å². The van der Waals surface area contributed by atoms with Gasteiger partial charge in [-0.3, -0.25) is 4.79 Å². The summed E-state index contributed by atoms with van der Waals surface area (Å²) in [4.78, 5) is 13.2. The van der Waals surface area contributed by atoms with Crippen LogP contribution in [0.25, 0.3) is 0 Å². The first-order chi connectivity index (χ1) is 8.65. The number of hydrogen-bond donors (Lipinski definition) is 2. The lowest BCUT2D eigenvalue weighted by Crippen LogP contribution is -2.37. The van der Waals surface area contributed by atoms with Crippen LogP contribution in [-0.2, 0) is 4.79 Å².